The number of ether oxygens (including phenoxy) is 1. The molecule has 0 saturated heterocycles. The molecule has 2 N–H and O–H groups in total. The second kappa shape index (κ2) is 8.64. The molecule has 1 rings (SSSR count). The Hall–Kier alpha value is -0.420. The Morgan fingerprint density at radius 3 is 2.56 bits per heavy atom. The van der Waals surface area contributed by atoms with Gasteiger partial charge in [0.2, 0.25) is 0 Å². The van der Waals surface area contributed by atoms with Gasteiger partial charge in [0.15, 0.2) is 0 Å². The lowest BCUT2D eigenvalue weighted by Gasteiger charge is -2.36. The molecule has 0 radical (unpaired) electrons. The smallest absolute Gasteiger partial charge is 0.0590 e. The molecule has 18 heavy (non-hydrogen) atoms. The molecule has 0 aliphatic carbocycles. The van der Waals surface area contributed by atoms with Crippen LogP contribution in [0.4, 0.5) is 0 Å². The highest BCUT2D eigenvalue weighted by atomic mass is 32.1. The van der Waals surface area contributed by atoms with E-state index in [4.69, 9.17) is 10.5 Å². The number of hydrogen-bond acceptors (Lipinski definition) is 4. The first kappa shape index (κ1) is 15.6. The van der Waals surface area contributed by atoms with Gasteiger partial charge < -0.3 is 10.5 Å². The van der Waals surface area contributed by atoms with Crippen LogP contribution in [0.1, 0.15) is 37.6 Å². The van der Waals surface area contributed by atoms with Gasteiger partial charge in [-0.2, -0.15) is 0 Å². The summed E-state index contributed by atoms with van der Waals surface area (Å²) < 4.78 is 5.24. The average molecular weight is 270 g/mol. The molecule has 0 amide bonds. The van der Waals surface area contributed by atoms with Crippen molar-refractivity contribution in [3.63, 3.8) is 0 Å². The van der Waals surface area contributed by atoms with E-state index in [9.17, 15) is 0 Å². The van der Waals surface area contributed by atoms with E-state index in [0.717, 1.165) is 26.0 Å². The molecule has 0 aliphatic rings. The maximum Gasteiger partial charge on any atom is 0.0590 e. The topological polar surface area (TPSA) is 38.5 Å². The summed E-state index contributed by atoms with van der Waals surface area (Å²) in [5.74, 6) is 0. The van der Waals surface area contributed by atoms with Crippen LogP contribution in [0.15, 0.2) is 17.5 Å². The highest BCUT2D eigenvalue weighted by molar-refractivity contribution is 7.10. The first-order valence-corrected chi connectivity index (χ1v) is 7.64. The van der Waals surface area contributed by atoms with Gasteiger partial charge in [0, 0.05) is 31.1 Å². The summed E-state index contributed by atoms with van der Waals surface area (Å²) in [7, 11) is 1.76. The van der Waals surface area contributed by atoms with E-state index in [1.807, 2.05) is 0 Å². The van der Waals surface area contributed by atoms with Crippen LogP contribution in [0.5, 0.6) is 0 Å². The SMILES string of the molecule is CCC(CC)N(CCOC)C(CN)c1cccs1. The fraction of sp³-hybridized carbons (Fsp3) is 0.714. The Balaban J connectivity index is 2.84. The molecule has 0 bridgehead atoms. The van der Waals surface area contributed by atoms with Crippen LogP contribution in [-0.4, -0.2) is 37.7 Å². The van der Waals surface area contributed by atoms with E-state index in [-0.39, 0.29) is 0 Å². The average Bonchev–Trinajstić information content (AvgIpc) is 2.91. The zero-order valence-corrected chi connectivity index (χ0v) is 12.6. The van der Waals surface area contributed by atoms with Gasteiger partial charge in [-0.1, -0.05) is 19.9 Å². The zero-order valence-electron chi connectivity index (χ0n) is 11.8. The van der Waals surface area contributed by atoms with Gasteiger partial charge >= 0.3 is 0 Å². The van der Waals surface area contributed by atoms with Crippen molar-refractivity contribution in [2.45, 2.75) is 38.8 Å². The van der Waals surface area contributed by atoms with Gasteiger partial charge in [-0.05, 0) is 24.3 Å². The fourth-order valence-corrected chi connectivity index (χ4v) is 3.30. The van der Waals surface area contributed by atoms with Gasteiger partial charge in [0.1, 0.15) is 0 Å². The molecule has 4 heteroatoms. The summed E-state index contributed by atoms with van der Waals surface area (Å²) in [6.45, 7) is 6.87. The van der Waals surface area contributed by atoms with E-state index >= 15 is 0 Å². The standard InChI is InChI=1S/C14H26N2OS/c1-4-12(5-2)16(8-9-17-3)13(11-15)14-7-6-10-18-14/h6-7,10,12-13H,4-5,8-9,11,15H2,1-3H3. The van der Waals surface area contributed by atoms with Crippen LogP contribution in [0.3, 0.4) is 0 Å². The van der Waals surface area contributed by atoms with Crippen LogP contribution >= 0.6 is 11.3 Å². The van der Waals surface area contributed by atoms with Crippen molar-refractivity contribution in [3.05, 3.63) is 22.4 Å². The van der Waals surface area contributed by atoms with E-state index < -0.39 is 0 Å². The van der Waals surface area contributed by atoms with E-state index in [1.165, 1.54) is 4.88 Å². The van der Waals surface area contributed by atoms with Crippen LogP contribution in [0.2, 0.25) is 0 Å². The molecule has 1 unspecified atom stereocenters. The molecule has 0 aliphatic heterocycles. The molecule has 1 aromatic rings. The van der Waals surface area contributed by atoms with Crippen LogP contribution in [0, 0.1) is 0 Å². The number of nitrogens with two attached hydrogens (primary N) is 1. The van der Waals surface area contributed by atoms with Gasteiger partial charge in [-0.3, -0.25) is 4.90 Å². The maximum atomic E-state index is 6.01. The molecule has 3 nitrogen and oxygen atoms in total. The van der Waals surface area contributed by atoms with Crippen molar-refractivity contribution in [2.24, 2.45) is 5.73 Å². The quantitative estimate of drug-likeness (QED) is 0.750. The van der Waals surface area contributed by atoms with Crippen molar-refractivity contribution >= 4 is 11.3 Å². The monoisotopic (exact) mass is 270 g/mol. The van der Waals surface area contributed by atoms with Gasteiger partial charge in [-0.25, -0.2) is 0 Å². The third kappa shape index (κ3) is 4.05. The number of rotatable bonds is 9. The van der Waals surface area contributed by atoms with Crippen LogP contribution < -0.4 is 5.73 Å². The summed E-state index contributed by atoms with van der Waals surface area (Å²) in [6, 6.07) is 5.19. The maximum absolute atomic E-state index is 6.01. The normalized spacial score (nSPS) is 13.4. The van der Waals surface area contributed by atoms with E-state index in [1.54, 1.807) is 18.4 Å². The lowest BCUT2D eigenvalue weighted by Crippen LogP contribution is -2.42. The van der Waals surface area contributed by atoms with Crippen molar-refractivity contribution in [1.29, 1.82) is 0 Å². The highest BCUT2D eigenvalue weighted by Gasteiger charge is 2.25. The summed E-state index contributed by atoms with van der Waals surface area (Å²) in [5, 5.41) is 2.12. The second-order valence-electron chi connectivity index (χ2n) is 4.47. The third-order valence-corrected chi connectivity index (χ3v) is 4.43. The Morgan fingerprint density at radius 2 is 2.11 bits per heavy atom. The van der Waals surface area contributed by atoms with E-state index in [2.05, 4.69) is 36.3 Å². The van der Waals surface area contributed by atoms with Crippen LogP contribution in [0.25, 0.3) is 0 Å². The Labute approximate surface area is 115 Å². The summed E-state index contributed by atoms with van der Waals surface area (Å²) in [4.78, 5) is 3.87. The number of methoxy groups -OCH3 is 1. The van der Waals surface area contributed by atoms with Crippen molar-refractivity contribution in [1.82, 2.24) is 4.90 Å². The van der Waals surface area contributed by atoms with Gasteiger partial charge in [0.25, 0.3) is 0 Å². The number of hydrogen-bond donors (Lipinski definition) is 1. The minimum Gasteiger partial charge on any atom is -0.383 e. The molecule has 1 atom stereocenters. The second-order valence-corrected chi connectivity index (χ2v) is 5.45. The Bertz CT molecular complexity index is 299. The molecule has 0 spiro atoms. The predicted molar refractivity (Wildman–Crippen MR) is 79.1 cm³/mol. The lowest BCUT2D eigenvalue weighted by molar-refractivity contribution is 0.0830. The molecule has 0 saturated carbocycles. The van der Waals surface area contributed by atoms with Crippen molar-refractivity contribution in [2.75, 3.05) is 26.8 Å². The molecular weight excluding hydrogens is 244 g/mol. The minimum atomic E-state index is 0.324. The third-order valence-electron chi connectivity index (χ3n) is 3.46. The minimum absolute atomic E-state index is 0.324. The van der Waals surface area contributed by atoms with Crippen LogP contribution in [-0.2, 0) is 4.74 Å². The lowest BCUT2D eigenvalue weighted by atomic mass is 10.1. The Morgan fingerprint density at radius 1 is 1.39 bits per heavy atom. The molecule has 1 heterocycles. The van der Waals surface area contributed by atoms with Gasteiger partial charge in [-0.15, -0.1) is 11.3 Å². The van der Waals surface area contributed by atoms with Gasteiger partial charge in [0.05, 0.1) is 12.6 Å². The zero-order chi connectivity index (χ0) is 13.4. The Kier molecular flexibility index (Phi) is 7.51. The van der Waals surface area contributed by atoms with Crippen molar-refractivity contribution < 1.29 is 4.74 Å². The fourth-order valence-electron chi connectivity index (χ4n) is 2.44. The summed E-state index contributed by atoms with van der Waals surface area (Å²) in [6.07, 6.45) is 2.31. The molecular formula is C14H26N2OS. The first-order chi connectivity index (χ1) is 8.78. The number of nitrogens with zero attached hydrogens (tertiary/aromatic N) is 1. The number of thiophene rings is 1. The molecule has 0 aromatic carbocycles. The largest absolute Gasteiger partial charge is 0.383 e. The molecule has 1 aromatic heterocycles. The molecule has 104 valence electrons. The first-order valence-electron chi connectivity index (χ1n) is 6.76. The summed E-state index contributed by atoms with van der Waals surface area (Å²) >= 11 is 1.79. The van der Waals surface area contributed by atoms with E-state index in [0.29, 0.717) is 18.6 Å². The summed E-state index contributed by atoms with van der Waals surface area (Å²) in [5.41, 5.74) is 6.01. The predicted octanol–water partition coefficient (Wildman–Crippen LogP) is 2.88. The highest BCUT2D eigenvalue weighted by Crippen LogP contribution is 2.27. The molecule has 0 fully saturated rings. The van der Waals surface area contributed by atoms with Crippen molar-refractivity contribution in [3.8, 4) is 0 Å².